The Bertz CT molecular complexity index is 978. The maximum absolute atomic E-state index is 11.3. The zero-order valence-corrected chi connectivity index (χ0v) is 17.2. The van der Waals surface area contributed by atoms with Gasteiger partial charge in [-0.1, -0.05) is 17.8 Å². The van der Waals surface area contributed by atoms with Gasteiger partial charge >= 0.3 is 0 Å². The minimum Gasteiger partial charge on any atom is -0.491 e. The molecule has 0 aliphatic carbocycles. The largest absolute Gasteiger partial charge is 0.491 e. The van der Waals surface area contributed by atoms with Gasteiger partial charge in [-0.05, 0) is 44.2 Å². The second kappa shape index (κ2) is 9.58. The number of ether oxygens (including phenoxy) is 1. The van der Waals surface area contributed by atoms with E-state index in [0.717, 1.165) is 11.3 Å². The van der Waals surface area contributed by atoms with Crippen molar-refractivity contribution in [1.29, 1.82) is 0 Å². The van der Waals surface area contributed by atoms with Crippen molar-refractivity contribution in [3.63, 3.8) is 0 Å². The number of aliphatic hydroxyl groups excluding tert-OH is 1. The van der Waals surface area contributed by atoms with Crippen molar-refractivity contribution in [1.82, 2.24) is 14.8 Å². The van der Waals surface area contributed by atoms with E-state index in [-0.39, 0.29) is 12.4 Å². The zero-order chi connectivity index (χ0) is 20.8. The van der Waals surface area contributed by atoms with Gasteiger partial charge in [-0.2, -0.15) is 0 Å². The number of carbonyl (C=O) groups is 1. The molecule has 29 heavy (non-hydrogen) atoms. The normalized spacial score (nSPS) is 12.0. The fourth-order valence-electron chi connectivity index (χ4n) is 2.70. The van der Waals surface area contributed by atoms with E-state index >= 15 is 0 Å². The maximum Gasteiger partial charge on any atom is 0.191 e. The first kappa shape index (κ1) is 20.9. The van der Waals surface area contributed by atoms with Gasteiger partial charge < -0.3 is 14.3 Å². The third-order valence-electron chi connectivity index (χ3n) is 4.24. The highest BCUT2D eigenvalue weighted by Gasteiger charge is 2.18. The number of aryl methyl sites for hydroxylation is 1. The molecule has 0 spiro atoms. The Morgan fingerprint density at radius 1 is 1.34 bits per heavy atom. The quantitative estimate of drug-likeness (QED) is 0.307. The molecule has 0 bridgehead atoms. The van der Waals surface area contributed by atoms with Crippen LogP contribution >= 0.6 is 11.8 Å². The van der Waals surface area contributed by atoms with E-state index in [1.165, 1.54) is 18.7 Å². The van der Waals surface area contributed by atoms with Crippen LogP contribution in [0.25, 0.3) is 11.4 Å². The van der Waals surface area contributed by atoms with E-state index in [1.54, 1.807) is 36.6 Å². The summed E-state index contributed by atoms with van der Waals surface area (Å²) in [5, 5.41) is 19.5. The summed E-state index contributed by atoms with van der Waals surface area (Å²) in [5.74, 6) is 2.47. The number of carbonyl (C=O) groups excluding carboxylic acids is 1. The van der Waals surface area contributed by atoms with Crippen molar-refractivity contribution in [3.8, 4) is 17.1 Å². The minimum absolute atomic E-state index is 0.00148. The molecule has 2 aromatic heterocycles. The molecule has 1 unspecified atom stereocenters. The molecule has 0 saturated carbocycles. The summed E-state index contributed by atoms with van der Waals surface area (Å²) >= 11 is 1.40. The molecule has 0 radical (unpaired) electrons. The maximum atomic E-state index is 11.3. The van der Waals surface area contributed by atoms with Crippen molar-refractivity contribution in [3.05, 3.63) is 60.6 Å². The average molecular weight is 413 g/mol. The molecule has 0 fully saturated rings. The van der Waals surface area contributed by atoms with Gasteiger partial charge in [0.15, 0.2) is 16.8 Å². The van der Waals surface area contributed by atoms with Gasteiger partial charge in [0, 0.05) is 17.9 Å². The number of thioether (sulfide) groups is 1. The number of rotatable bonds is 10. The fourth-order valence-corrected chi connectivity index (χ4v) is 3.56. The van der Waals surface area contributed by atoms with Crippen LogP contribution in [0.2, 0.25) is 0 Å². The molecule has 2 heterocycles. The molecule has 0 aliphatic heterocycles. The first-order chi connectivity index (χ1) is 14.0. The molecular weight excluding hydrogens is 390 g/mol. The highest BCUT2D eigenvalue weighted by atomic mass is 32.2. The molecule has 152 valence electrons. The van der Waals surface area contributed by atoms with Gasteiger partial charge in [0.1, 0.15) is 18.1 Å². The van der Waals surface area contributed by atoms with Crippen LogP contribution in [-0.2, 0) is 6.54 Å². The summed E-state index contributed by atoms with van der Waals surface area (Å²) in [6.07, 6.45) is 2.70. The van der Waals surface area contributed by atoms with Crippen molar-refractivity contribution < 1.29 is 19.1 Å². The summed E-state index contributed by atoms with van der Waals surface area (Å²) in [6.45, 7) is 7.87. The highest BCUT2D eigenvalue weighted by Crippen LogP contribution is 2.27. The molecule has 3 rings (SSSR count). The van der Waals surface area contributed by atoms with Gasteiger partial charge in [0.05, 0.1) is 17.9 Å². The Labute approximate surface area is 173 Å². The molecule has 7 nitrogen and oxygen atoms in total. The Balaban J connectivity index is 1.59. The first-order valence-electron chi connectivity index (χ1n) is 9.12. The van der Waals surface area contributed by atoms with Gasteiger partial charge in [-0.3, -0.25) is 9.36 Å². The minimum atomic E-state index is -0.694. The predicted molar refractivity (Wildman–Crippen MR) is 111 cm³/mol. The number of ketones is 1. The Hall–Kier alpha value is -2.84. The zero-order valence-electron chi connectivity index (χ0n) is 16.4. The third-order valence-corrected chi connectivity index (χ3v) is 5.35. The van der Waals surface area contributed by atoms with Crippen molar-refractivity contribution in [2.24, 2.45) is 0 Å². The summed E-state index contributed by atoms with van der Waals surface area (Å²) in [5.41, 5.74) is 1.50. The number of allylic oxidation sites excluding steroid dienone is 1. The van der Waals surface area contributed by atoms with Gasteiger partial charge in [0.2, 0.25) is 0 Å². The number of benzene rings is 1. The lowest BCUT2D eigenvalue weighted by molar-refractivity contribution is 0.101. The summed E-state index contributed by atoms with van der Waals surface area (Å²) < 4.78 is 12.9. The lowest BCUT2D eigenvalue weighted by atomic mass is 10.1. The van der Waals surface area contributed by atoms with E-state index in [1.807, 2.05) is 17.6 Å². The number of hydrogen-bond donors (Lipinski definition) is 1. The predicted octanol–water partition coefficient (Wildman–Crippen LogP) is 3.77. The lowest BCUT2D eigenvalue weighted by Gasteiger charge is -2.13. The van der Waals surface area contributed by atoms with E-state index in [4.69, 9.17) is 9.15 Å². The van der Waals surface area contributed by atoms with Crippen LogP contribution in [0, 0.1) is 6.92 Å². The van der Waals surface area contributed by atoms with Crippen LogP contribution in [0.15, 0.2) is 58.8 Å². The molecule has 1 N–H and O–H groups in total. The molecule has 0 saturated heterocycles. The average Bonchev–Trinajstić information content (AvgIpc) is 3.31. The molecule has 8 heteroatoms. The van der Waals surface area contributed by atoms with E-state index < -0.39 is 6.10 Å². The van der Waals surface area contributed by atoms with E-state index in [0.29, 0.717) is 34.6 Å². The van der Waals surface area contributed by atoms with Gasteiger partial charge in [0.25, 0.3) is 0 Å². The van der Waals surface area contributed by atoms with Gasteiger partial charge in [-0.15, -0.1) is 16.8 Å². The molecule has 3 aromatic rings. The summed E-state index contributed by atoms with van der Waals surface area (Å²) in [4.78, 5) is 11.3. The van der Waals surface area contributed by atoms with Crippen LogP contribution in [0.4, 0.5) is 0 Å². The smallest absolute Gasteiger partial charge is 0.191 e. The van der Waals surface area contributed by atoms with Crippen LogP contribution in [0.1, 0.15) is 23.0 Å². The number of hydrogen-bond acceptors (Lipinski definition) is 7. The highest BCUT2D eigenvalue weighted by molar-refractivity contribution is 7.99. The number of furan rings is 1. The Kier molecular flexibility index (Phi) is 6.90. The number of Topliss-reactive ketones (excluding diaryl/α,β-unsaturated/α-hetero) is 1. The standard InChI is InChI=1S/C21H23N3O4S/c1-4-10-24-20(19-9-11-27-15(19)3)22-23-21(24)29-13-17(26)12-28-18-7-5-16(6-8-18)14(2)25/h4-9,11,17,26H,1,10,12-13H2,2-3H3. The first-order valence-corrected chi connectivity index (χ1v) is 10.1. The fraction of sp³-hybridized carbons (Fsp3) is 0.286. The second-order valence-corrected chi connectivity index (χ2v) is 7.44. The molecular formula is C21H23N3O4S. The topological polar surface area (TPSA) is 90.4 Å². The molecule has 0 aliphatic rings. The van der Waals surface area contributed by atoms with Crippen LogP contribution in [-0.4, -0.2) is 44.1 Å². The third kappa shape index (κ3) is 5.16. The van der Waals surface area contributed by atoms with Crippen molar-refractivity contribution in [2.75, 3.05) is 12.4 Å². The van der Waals surface area contributed by atoms with E-state index in [9.17, 15) is 9.90 Å². The Morgan fingerprint density at radius 3 is 2.72 bits per heavy atom. The van der Waals surface area contributed by atoms with Crippen molar-refractivity contribution >= 4 is 17.5 Å². The molecule has 1 aromatic carbocycles. The van der Waals surface area contributed by atoms with Crippen LogP contribution in [0.5, 0.6) is 5.75 Å². The van der Waals surface area contributed by atoms with Crippen LogP contribution in [0.3, 0.4) is 0 Å². The number of aromatic nitrogens is 3. The lowest BCUT2D eigenvalue weighted by Crippen LogP contribution is -2.20. The Morgan fingerprint density at radius 2 is 2.10 bits per heavy atom. The van der Waals surface area contributed by atoms with Crippen molar-refractivity contribution in [2.45, 2.75) is 31.7 Å². The summed E-state index contributed by atoms with van der Waals surface area (Å²) in [6, 6.07) is 8.70. The van der Waals surface area contributed by atoms with E-state index in [2.05, 4.69) is 16.8 Å². The second-order valence-electron chi connectivity index (χ2n) is 6.45. The SMILES string of the molecule is C=CCn1c(SCC(O)COc2ccc(C(C)=O)cc2)nnc1-c1ccoc1C. The monoisotopic (exact) mass is 413 g/mol. The molecule has 1 atom stereocenters. The summed E-state index contributed by atoms with van der Waals surface area (Å²) in [7, 11) is 0. The van der Waals surface area contributed by atoms with Gasteiger partial charge in [-0.25, -0.2) is 0 Å². The number of nitrogens with zero attached hydrogens (tertiary/aromatic N) is 3. The molecule has 0 amide bonds. The number of aliphatic hydroxyl groups is 1. The van der Waals surface area contributed by atoms with Crippen LogP contribution < -0.4 is 4.74 Å².